The smallest absolute Gasteiger partial charge is 0.245 e. The van der Waals surface area contributed by atoms with Gasteiger partial charge in [-0.15, -0.1) is 0 Å². The molecule has 6 nitrogen and oxygen atoms in total. The Hall–Kier alpha value is -3.22. The summed E-state index contributed by atoms with van der Waals surface area (Å²) < 4.78 is 17.9. The second-order valence-corrected chi connectivity index (χ2v) is 5.89. The lowest BCUT2D eigenvalue weighted by Gasteiger charge is -2.16. The van der Waals surface area contributed by atoms with Crippen LogP contribution in [0.15, 0.2) is 53.6 Å². The standard InChI is InChI=1S/C19H18FN3O3/c1-26-17-8-6-16(7-9-17)23-12-14(10-18(23)24)19(25)22-21-11-13-2-4-15(20)5-3-13/h2-9,11,14H,10,12H2,1H3,(H,22,25)/b21-11+. The average Bonchev–Trinajstić information content (AvgIpc) is 3.05. The Morgan fingerprint density at radius 2 is 1.92 bits per heavy atom. The van der Waals surface area contributed by atoms with E-state index in [1.54, 1.807) is 48.4 Å². The lowest BCUT2D eigenvalue weighted by Crippen LogP contribution is -2.30. The summed E-state index contributed by atoms with van der Waals surface area (Å²) in [4.78, 5) is 26.0. The van der Waals surface area contributed by atoms with Gasteiger partial charge in [-0.3, -0.25) is 9.59 Å². The van der Waals surface area contributed by atoms with Crippen molar-refractivity contribution in [1.29, 1.82) is 0 Å². The normalized spacial score (nSPS) is 16.9. The van der Waals surface area contributed by atoms with E-state index < -0.39 is 5.92 Å². The number of rotatable bonds is 5. The number of nitrogens with one attached hydrogen (secondary N) is 1. The van der Waals surface area contributed by atoms with Crippen LogP contribution in [-0.2, 0) is 9.59 Å². The van der Waals surface area contributed by atoms with E-state index in [0.717, 1.165) is 5.69 Å². The van der Waals surface area contributed by atoms with E-state index in [9.17, 15) is 14.0 Å². The topological polar surface area (TPSA) is 71.0 Å². The maximum Gasteiger partial charge on any atom is 0.245 e. The Kier molecular flexibility index (Phi) is 5.26. The highest BCUT2D eigenvalue weighted by atomic mass is 19.1. The summed E-state index contributed by atoms with van der Waals surface area (Å²) in [5, 5.41) is 3.87. The summed E-state index contributed by atoms with van der Waals surface area (Å²) in [6.45, 7) is 0.295. The number of benzene rings is 2. The second kappa shape index (κ2) is 7.77. The Labute approximate surface area is 150 Å². The first kappa shape index (κ1) is 17.6. The number of carbonyl (C=O) groups is 2. The molecule has 134 valence electrons. The summed E-state index contributed by atoms with van der Waals surface area (Å²) in [5.74, 6) is -0.556. The van der Waals surface area contributed by atoms with Crippen molar-refractivity contribution in [2.45, 2.75) is 6.42 Å². The molecule has 0 bridgehead atoms. The number of hydrogen-bond donors (Lipinski definition) is 1. The number of ether oxygens (including phenoxy) is 1. The number of anilines is 1. The number of hydrogen-bond acceptors (Lipinski definition) is 4. The maximum absolute atomic E-state index is 12.8. The third kappa shape index (κ3) is 4.05. The number of amides is 2. The molecule has 0 aliphatic carbocycles. The first-order valence-corrected chi connectivity index (χ1v) is 8.09. The van der Waals surface area contributed by atoms with Crippen molar-refractivity contribution in [3.8, 4) is 5.75 Å². The fourth-order valence-corrected chi connectivity index (χ4v) is 2.71. The molecule has 1 saturated heterocycles. The molecule has 1 unspecified atom stereocenters. The minimum absolute atomic E-state index is 0.113. The van der Waals surface area contributed by atoms with Crippen LogP contribution < -0.4 is 15.1 Å². The minimum atomic E-state index is -0.477. The van der Waals surface area contributed by atoms with Gasteiger partial charge in [-0.25, -0.2) is 9.82 Å². The van der Waals surface area contributed by atoms with Gasteiger partial charge in [0.05, 0.1) is 19.2 Å². The number of halogens is 1. The van der Waals surface area contributed by atoms with Crippen LogP contribution in [0.3, 0.4) is 0 Å². The van der Waals surface area contributed by atoms with E-state index >= 15 is 0 Å². The zero-order chi connectivity index (χ0) is 18.5. The zero-order valence-corrected chi connectivity index (χ0v) is 14.2. The van der Waals surface area contributed by atoms with E-state index in [1.807, 2.05) is 0 Å². The summed E-state index contributed by atoms with van der Waals surface area (Å²) in [6.07, 6.45) is 1.55. The van der Waals surface area contributed by atoms with Crippen molar-refractivity contribution < 1.29 is 18.7 Å². The van der Waals surface area contributed by atoms with Gasteiger partial charge in [0, 0.05) is 18.7 Å². The fraction of sp³-hybridized carbons (Fsp3) is 0.211. The largest absolute Gasteiger partial charge is 0.497 e. The van der Waals surface area contributed by atoms with E-state index in [4.69, 9.17) is 4.74 Å². The maximum atomic E-state index is 12.8. The SMILES string of the molecule is COc1ccc(N2CC(C(=O)N/N=C/c3ccc(F)cc3)CC2=O)cc1. The van der Waals surface area contributed by atoms with Gasteiger partial charge < -0.3 is 9.64 Å². The van der Waals surface area contributed by atoms with Crippen molar-refractivity contribution in [1.82, 2.24) is 5.43 Å². The van der Waals surface area contributed by atoms with Gasteiger partial charge in [0.25, 0.3) is 0 Å². The van der Waals surface area contributed by atoms with Gasteiger partial charge in [0.1, 0.15) is 11.6 Å². The molecule has 2 amide bonds. The Balaban J connectivity index is 1.58. The molecule has 1 fully saturated rings. The van der Waals surface area contributed by atoms with Crippen molar-refractivity contribution in [3.63, 3.8) is 0 Å². The molecule has 1 atom stereocenters. The highest BCUT2D eigenvalue weighted by Crippen LogP contribution is 2.26. The lowest BCUT2D eigenvalue weighted by atomic mass is 10.1. The highest BCUT2D eigenvalue weighted by Gasteiger charge is 2.35. The third-order valence-corrected chi connectivity index (χ3v) is 4.14. The van der Waals surface area contributed by atoms with Gasteiger partial charge in [-0.2, -0.15) is 5.10 Å². The molecular weight excluding hydrogens is 337 g/mol. The van der Waals surface area contributed by atoms with Gasteiger partial charge >= 0.3 is 0 Å². The van der Waals surface area contributed by atoms with Crippen LogP contribution in [0.4, 0.5) is 10.1 Å². The van der Waals surface area contributed by atoms with Crippen molar-refractivity contribution in [2.24, 2.45) is 11.0 Å². The molecule has 3 rings (SSSR count). The van der Waals surface area contributed by atoms with Crippen LogP contribution in [-0.4, -0.2) is 31.7 Å². The quantitative estimate of drug-likeness (QED) is 0.661. The van der Waals surface area contributed by atoms with E-state index in [1.165, 1.54) is 18.3 Å². The fourth-order valence-electron chi connectivity index (χ4n) is 2.71. The first-order valence-electron chi connectivity index (χ1n) is 8.09. The highest BCUT2D eigenvalue weighted by molar-refractivity contribution is 6.00. The number of carbonyl (C=O) groups excluding carboxylic acids is 2. The summed E-state index contributed by atoms with van der Waals surface area (Å²) in [6, 6.07) is 12.8. The Morgan fingerprint density at radius 1 is 1.23 bits per heavy atom. The molecule has 1 heterocycles. The molecule has 1 N–H and O–H groups in total. The molecule has 1 aliphatic heterocycles. The Morgan fingerprint density at radius 3 is 2.58 bits per heavy atom. The van der Waals surface area contributed by atoms with Gasteiger partial charge in [-0.05, 0) is 42.0 Å². The molecule has 0 saturated carbocycles. The van der Waals surface area contributed by atoms with E-state index in [-0.39, 0.29) is 24.1 Å². The van der Waals surface area contributed by atoms with Crippen LogP contribution in [0.5, 0.6) is 5.75 Å². The van der Waals surface area contributed by atoms with Crippen LogP contribution >= 0.6 is 0 Å². The van der Waals surface area contributed by atoms with Crippen molar-refractivity contribution in [2.75, 3.05) is 18.6 Å². The molecule has 0 aromatic heterocycles. The molecule has 26 heavy (non-hydrogen) atoms. The summed E-state index contributed by atoms with van der Waals surface area (Å²) in [5.41, 5.74) is 3.82. The van der Waals surface area contributed by atoms with Gasteiger partial charge in [0.15, 0.2) is 0 Å². The summed E-state index contributed by atoms with van der Waals surface area (Å²) in [7, 11) is 1.57. The summed E-state index contributed by atoms with van der Waals surface area (Å²) >= 11 is 0. The predicted molar refractivity (Wildman–Crippen MR) is 95.6 cm³/mol. The third-order valence-electron chi connectivity index (χ3n) is 4.14. The molecule has 0 spiro atoms. The van der Waals surface area contributed by atoms with E-state index in [0.29, 0.717) is 17.9 Å². The first-order chi connectivity index (χ1) is 12.6. The van der Waals surface area contributed by atoms with Gasteiger partial charge in [-0.1, -0.05) is 12.1 Å². The number of methoxy groups -OCH3 is 1. The van der Waals surface area contributed by atoms with Crippen LogP contribution in [0.2, 0.25) is 0 Å². The van der Waals surface area contributed by atoms with Gasteiger partial charge in [0.2, 0.25) is 11.8 Å². The molecule has 2 aromatic carbocycles. The minimum Gasteiger partial charge on any atom is -0.497 e. The lowest BCUT2D eigenvalue weighted by molar-refractivity contribution is -0.126. The molecule has 7 heteroatoms. The zero-order valence-electron chi connectivity index (χ0n) is 14.2. The predicted octanol–water partition coefficient (Wildman–Crippen LogP) is 2.34. The Bertz CT molecular complexity index is 819. The molecule has 1 aliphatic rings. The van der Waals surface area contributed by atoms with Crippen LogP contribution in [0, 0.1) is 11.7 Å². The van der Waals surface area contributed by atoms with Crippen molar-refractivity contribution in [3.05, 3.63) is 59.9 Å². The van der Waals surface area contributed by atoms with Crippen LogP contribution in [0.1, 0.15) is 12.0 Å². The molecule has 0 radical (unpaired) electrons. The number of hydrazone groups is 1. The average molecular weight is 355 g/mol. The van der Waals surface area contributed by atoms with Crippen molar-refractivity contribution >= 4 is 23.7 Å². The number of nitrogens with zero attached hydrogens (tertiary/aromatic N) is 2. The monoisotopic (exact) mass is 355 g/mol. The second-order valence-electron chi connectivity index (χ2n) is 5.89. The molecular formula is C19H18FN3O3. The molecule has 2 aromatic rings. The van der Waals surface area contributed by atoms with E-state index in [2.05, 4.69) is 10.5 Å². The van der Waals surface area contributed by atoms with Crippen LogP contribution in [0.25, 0.3) is 0 Å².